The summed E-state index contributed by atoms with van der Waals surface area (Å²) in [5.41, 5.74) is 0. The van der Waals surface area contributed by atoms with Gasteiger partial charge in [0.2, 0.25) is 0 Å². The maximum Gasteiger partial charge on any atom is 0.0897 e. The van der Waals surface area contributed by atoms with E-state index in [2.05, 4.69) is 10.6 Å². The molecule has 0 saturated heterocycles. The lowest BCUT2D eigenvalue weighted by molar-refractivity contribution is 0.0358. The molecular formula is C14H32N2O4. The maximum absolute atomic E-state index is 9.58. The average Bonchev–Trinajstić information content (AvgIpc) is 2.43. The Bertz CT molecular complexity index is 176. The number of hydrogen-bond acceptors (Lipinski definition) is 6. The minimum Gasteiger partial charge on any atom is -0.389 e. The van der Waals surface area contributed by atoms with Gasteiger partial charge in [-0.1, -0.05) is 13.8 Å². The van der Waals surface area contributed by atoms with Gasteiger partial charge in [-0.25, -0.2) is 0 Å². The van der Waals surface area contributed by atoms with Crippen LogP contribution in [0.2, 0.25) is 0 Å². The van der Waals surface area contributed by atoms with Crippen molar-refractivity contribution in [3.63, 3.8) is 0 Å². The van der Waals surface area contributed by atoms with Crippen molar-refractivity contribution in [2.45, 2.75) is 38.9 Å². The normalized spacial score (nSPS) is 14.4. The van der Waals surface area contributed by atoms with Gasteiger partial charge >= 0.3 is 0 Å². The van der Waals surface area contributed by atoms with Crippen LogP contribution < -0.4 is 10.6 Å². The van der Waals surface area contributed by atoms with Crippen LogP contribution in [0.4, 0.5) is 0 Å². The summed E-state index contributed by atoms with van der Waals surface area (Å²) in [6, 6.07) is 0. The Morgan fingerprint density at radius 1 is 0.800 bits per heavy atom. The van der Waals surface area contributed by atoms with Crippen molar-refractivity contribution in [3.05, 3.63) is 0 Å². The van der Waals surface area contributed by atoms with E-state index < -0.39 is 12.2 Å². The molecule has 0 aromatic carbocycles. The van der Waals surface area contributed by atoms with Crippen LogP contribution in [0.1, 0.15) is 26.7 Å². The molecule has 0 aliphatic carbocycles. The van der Waals surface area contributed by atoms with Gasteiger partial charge in [0.05, 0.1) is 25.4 Å². The smallest absolute Gasteiger partial charge is 0.0897 e. The number of nitrogens with one attached hydrogen (secondary N) is 2. The molecule has 0 fully saturated rings. The first kappa shape index (κ1) is 19.8. The molecule has 0 spiro atoms. The molecular weight excluding hydrogens is 260 g/mol. The van der Waals surface area contributed by atoms with Crippen LogP contribution in [0.5, 0.6) is 0 Å². The first-order valence-electron chi connectivity index (χ1n) is 7.63. The quantitative estimate of drug-likeness (QED) is 0.311. The van der Waals surface area contributed by atoms with Crippen molar-refractivity contribution < 1.29 is 19.7 Å². The highest BCUT2D eigenvalue weighted by Crippen LogP contribution is 1.87. The molecule has 0 bridgehead atoms. The fourth-order valence-corrected chi connectivity index (χ4v) is 1.56. The molecule has 6 nitrogen and oxygen atoms in total. The molecule has 0 radical (unpaired) electrons. The van der Waals surface area contributed by atoms with E-state index in [1.807, 2.05) is 13.8 Å². The molecule has 0 aliphatic rings. The van der Waals surface area contributed by atoms with Crippen molar-refractivity contribution >= 4 is 0 Å². The Morgan fingerprint density at radius 3 is 1.55 bits per heavy atom. The molecule has 20 heavy (non-hydrogen) atoms. The fourth-order valence-electron chi connectivity index (χ4n) is 1.56. The summed E-state index contributed by atoms with van der Waals surface area (Å²) in [6.07, 6.45) is 1.01. The van der Waals surface area contributed by atoms with Gasteiger partial charge in [-0.3, -0.25) is 0 Å². The zero-order valence-electron chi connectivity index (χ0n) is 12.9. The lowest BCUT2D eigenvalue weighted by Gasteiger charge is -2.14. The lowest BCUT2D eigenvalue weighted by atomic mass is 10.3. The fraction of sp³-hybridized carbons (Fsp3) is 1.00. The molecule has 0 aromatic rings. The van der Waals surface area contributed by atoms with Gasteiger partial charge in [0.25, 0.3) is 0 Å². The predicted molar refractivity (Wildman–Crippen MR) is 80.0 cm³/mol. The highest BCUT2D eigenvalue weighted by atomic mass is 16.5. The van der Waals surface area contributed by atoms with E-state index in [-0.39, 0.29) is 0 Å². The number of aliphatic hydroxyl groups excluding tert-OH is 2. The standard InChI is InChI=1S/C14H32N2O4/c1-3-7-19-11-13(17)9-15-5-6-16-10-14(18)12-20-8-4-2/h13-18H,3-12H2,1-2H3/t13-,14+. The Labute approximate surface area is 122 Å². The molecule has 0 aromatic heterocycles. The van der Waals surface area contributed by atoms with E-state index in [0.29, 0.717) is 39.5 Å². The Kier molecular flexibility index (Phi) is 15.0. The monoisotopic (exact) mass is 292 g/mol. The summed E-state index contributed by atoms with van der Waals surface area (Å²) in [7, 11) is 0. The van der Waals surface area contributed by atoms with E-state index in [9.17, 15) is 10.2 Å². The summed E-state index contributed by atoms with van der Waals surface area (Å²) in [6.45, 7) is 8.74. The van der Waals surface area contributed by atoms with Crippen molar-refractivity contribution in [3.8, 4) is 0 Å². The van der Waals surface area contributed by atoms with E-state index in [4.69, 9.17) is 9.47 Å². The summed E-state index contributed by atoms with van der Waals surface area (Å²) in [5, 5.41) is 25.4. The zero-order valence-corrected chi connectivity index (χ0v) is 12.9. The van der Waals surface area contributed by atoms with Crippen LogP contribution in [0.25, 0.3) is 0 Å². The van der Waals surface area contributed by atoms with Crippen molar-refractivity contribution in [2.75, 3.05) is 52.6 Å². The lowest BCUT2D eigenvalue weighted by Crippen LogP contribution is -2.37. The van der Waals surface area contributed by atoms with Gasteiger partial charge in [-0.2, -0.15) is 0 Å². The molecule has 6 heteroatoms. The molecule has 2 atom stereocenters. The van der Waals surface area contributed by atoms with E-state index in [1.165, 1.54) is 0 Å². The van der Waals surface area contributed by atoms with Gasteiger partial charge < -0.3 is 30.3 Å². The number of ether oxygens (including phenoxy) is 2. The Balaban J connectivity index is 3.22. The van der Waals surface area contributed by atoms with Crippen LogP contribution in [0.3, 0.4) is 0 Å². The first-order valence-corrected chi connectivity index (χ1v) is 7.63. The third-order valence-corrected chi connectivity index (χ3v) is 2.56. The minimum atomic E-state index is -0.463. The molecule has 4 N–H and O–H groups in total. The van der Waals surface area contributed by atoms with Gasteiger partial charge in [-0.15, -0.1) is 0 Å². The summed E-state index contributed by atoms with van der Waals surface area (Å²) >= 11 is 0. The first-order chi connectivity index (χ1) is 9.70. The molecule has 0 aliphatic heterocycles. The van der Waals surface area contributed by atoms with Gasteiger partial charge in [0.15, 0.2) is 0 Å². The summed E-state index contributed by atoms with van der Waals surface area (Å²) in [4.78, 5) is 0. The number of rotatable bonds is 15. The van der Waals surface area contributed by atoms with Crippen LogP contribution in [-0.2, 0) is 9.47 Å². The molecule has 0 unspecified atom stereocenters. The van der Waals surface area contributed by atoms with Crippen molar-refractivity contribution in [1.29, 1.82) is 0 Å². The topological polar surface area (TPSA) is 83.0 Å². The third-order valence-electron chi connectivity index (χ3n) is 2.56. The largest absolute Gasteiger partial charge is 0.389 e. The van der Waals surface area contributed by atoms with Crippen LogP contribution >= 0.6 is 0 Å². The van der Waals surface area contributed by atoms with Gasteiger partial charge in [0, 0.05) is 39.4 Å². The predicted octanol–water partition coefficient (Wildman–Crippen LogP) is -0.259. The van der Waals surface area contributed by atoms with Gasteiger partial charge in [-0.05, 0) is 12.8 Å². The second kappa shape index (κ2) is 15.2. The highest BCUT2D eigenvalue weighted by molar-refractivity contribution is 4.62. The summed E-state index contributed by atoms with van der Waals surface area (Å²) < 4.78 is 10.5. The Morgan fingerprint density at radius 2 is 1.20 bits per heavy atom. The minimum absolute atomic E-state index is 0.377. The Hall–Kier alpha value is -0.240. The molecule has 122 valence electrons. The molecule has 0 saturated carbocycles. The van der Waals surface area contributed by atoms with E-state index in [0.717, 1.165) is 25.9 Å². The molecule has 0 amide bonds. The van der Waals surface area contributed by atoms with Crippen LogP contribution in [0.15, 0.2) is 0 Å². The van der Waals surface area contributed by atoms with Crippen LogP contribution in [-0.4, -0.2) is 75.0 Å². The number of hydrogen-bond donors (Lipinski definition) is 4. The SMILES string of the molecule is CCCOC[C@H](O)CNCCNC[C@H](O)COCCC. The molecule has 0 rings (SSSR count). The van der Waals surface area contributed by atoms with E-state index in [1.54, 1.807) is 0 Å². The maximum atomic E-state index is 9.58. The number of aliphatic hydroxyl groups is 2. The second-order valence-electron chi connectivity index (χ2n) is 4.87. The van der Waals surface area contributed by atoms with Gasteiger partial charge in [0.1, 0.15) is 0 Å². The second-order valence-corrected chi connectivity index (χ2v) is 4.87. The zero-order chi connectivity index (χ0) is 15.1. The summed E-state index contributed by atoms with van der Waals surface area (Å²) in [5.74, 6) is 0. The van der Waals surface area contributed by atoms with Crippen molar-refractivity contribution in [2.24, 2.45) is 0 Å². The third kappa shape index (κ3) is 14.2. The van der Waals surface area contributed by atoms with E-state index >= 15 is 0 Å². The molecule has 0 heterocycles. The average molecular weight is 292 g/mol. The van der Waals surface area contributed by atoms with Crippen LogP contribution in [0, 0.1) is 0 Å². The highest BCUT2D eigenvalue weighted by Gasteiger charge is 2.04. The van der Waals surface area contributed by atoms with Crippen molar-refractivity contribution in [1.82, 2.24) is 10.6 Å².